The Kier molecular flexibility index (Phi) is 6.84. The van der Waals surface area contributed by atoms with E-state index in [1.165, 1.54) is 11.9 Å². The lowest BCUT2D eigenvalue weighted by atomic mass is 9.72. The number of piperidine rings is 1. The molecule has 0 radical (unpaired) electrons. The van der Waals surface area contributed by atoms with Crippen LogP contribution in [-0.2, 0) is 6.54 Å². The molecular weight excluding hydrogens is 574 g/mol. The van der Waals surface area contributed by atoms with E-state index in [2.05, 4.69) is 70.7 Å². The molecule has 1 spiro atoms. The highest BCUT2D eigenvalue weighted by Crippen LogP contribution is 2.41. The van der Waals surface area contributed by atoms with Crippen LogP contribution in [0.5, 0.6) is 0 Å². The van der Waals surface area contributed by atoms with Crippen LogP contribution < -0.4 is 10.6 Å². The van der Waals surface area contributed by atoms with Gasteiger partial charge in [0.25, 0.3) is 0 Å². The Labute approximate surface area is 266 Å². The molecule has 11 heteroatoms. The van der Waals surface area contributed by atoms with Gasteiger partial charge in [-0.3, -0.25) is 9.47 Å². The van der Waals surface area contributed by atoms with Crippen LogP contribution in [0.1, 0.15) is 24.2 Å². The molecule has 6 aromatic rings. The van der Waals surface area contributed by atoms with Crippen LogP contribution in [0, 0.1) is 16.7 Å². The Bertz CT molecular complexity index is 2070. The summed E-state index contributed by atoms with van der Waals surface area (Å²) in [5.41, 5.74) is 13.2. The zero-order valence-corrected chi connectivity index (χ0v) is 25.2. The van der Waals surface area contributed by atoms with Gasteiger partial charge in [-0.05, 0) is 60.2 Å². The molecule has 46 heavy (non-hydrogen) atoms. The molecule has 0 bridgehead atoms. The number of likely N-dealkylation sites (tertiary alicyclic amines) is 1. The first kappa shape index (κ1) is 27.8. The van der Waals surface area contributed by atoms with Gasteiger partial charge in [-0.25, -0.2) is 24.9 Å². The van der Waals surface area contributed by atoms with E-state index >= 15 is 0 Å². The molecule has 11 nitrogen and oxygen atoms in total. The molecule has 2 fully saturated rings. The summed E-state index contributed by atoms with van der Waals surface area (Å²) < 4.78 is 2.08. The number of fused-ring (bicyclic) bond motifs is 1. The maximum Gasteiger partial charge on any atom is 0.236 e. The second-order valence-corrected chi connectivity index (χ2v) is 12.1. The molecular formula is C35H31N11. The minimum absolute atomic E-state index is 0.165. The van der Waals surface area contributed by atoms with Gasteiger partial charge in [-0.2, -0.15) is 10.2 Å². The Balaban J connectivity index is 1.01. The van der Waals surface area contributed by atoms with Crippen molar-refractivity contribution in [2.24, 2.45) is 5.41 Å². The Morgan fingerprint density at radius 3 is 2.39 bits per heavy atom. The predicted octanol–water partition coefficient (Wildman–Crippen LogP) is 4.89. The third kappa shape index (κ3) is 5.08. The highest BCUT2D eigenvalue weighted by atomic mass is 15.3. The van der Waals surface area contributed by atoms with E-state index in [0.717, 1.165) is 79.2 Å². The second kappa shape index (κ2) is 11.3. The molecule has 0 amide bonds. The fraction of sp³-hybridized carbons (Fsp3) is 0.229. The zero-order valence-electron chi connectivity index (χ0n) is 25.2. The van der Waals surface area contributed by atoms with Crippen LogP contribution >= 0.6 is 0 Å². The van der Waals surface area contributed by atoms with Crippen molar-refractivity contribution in [3.8, 4) is 34.4 Å². The highest BCUT2D eigenvalue weighted by Gasteiger charge is 2.44. The minimum Gasteiger partial charge on any atom is -0.383 e. The summed E-state index contributed by atoms with van der Waals surface area (Å²) >= 11 is 0. The van der Waals surface area contributed by atoms with Gasteiger partial charge in [-0.15, -0.1) is 0 Å². The largest absolute Gasteiger partial charge is 0.383 e. The predicted molar refractivity (Wildman–Crippen MR) is 176 cm³/mol. The standard InChI is InChI=1S/C35H31N11/c36-19-30-39-23-40-34(43-30)45-17-14-35(15-18-45)21-44(22-35)20-24-8-10-26(11-9-24)46-32(27-7-4-16-38-31(27)37)42-29-13-12-28(41-33(29)46)25-5-2-1-3-6-25/h1-13,16,23H,14-15,17-18,20-22H2,(H2,37,38). The molecule has 2 N–H and O–H groups in total. The number of benzene rings is 2. The Hall–Kier alpha value is -5.73. The van der Waals surface area contributed by atoms with Gasteiger partial charge in [0.15, 0.2) is 11.5 Å². The smallest absolute Gasteiger partial charge is 0.236 e. The van der Waals surface area contributed by atoms with Gasteiger partial charge in [0.2, 0.25) is 11.8 Å². The zero-order chi connectivity index (χ0) is 31.1. The van der Waals surface area contributed by atoms with Crippen LogP contribution in [-0.4, -0.2) is 65.5 Å². The topological polar surface area (TPSA) is 139 Å². The van der Waals surface area contributed by atoms with Gasteiger partial charge < -0.3 is 10.6 Å². The van der Waals surface area contributed by atoms with Crippen molar-refractivity contribution in [2.45, 2.75) is 19.4 Å². The summed E-state index contributed by atoms with van der Waals surface area (Å²) in [5, 5.41) is 9.12. The van der Waals surface area contributed by atoms with E-state index in [1.54, 1.807) is 6.20 Å². The number of rotatable bonds is 6. The second-order valence-electron chi connectivity index (χ2n) is 12.1. The van der Waals surface area contributed by atoms with Crippen molar-refractivity contribution < 1.29 is 0 Å². The van der Waals surface area contributed by atoms with Crippen molar-refractivity contribution in [2.75, 3.05) is 36.8 Å². The lowest BCUT2D eigenvalue weighted by Gasteiger charge is -2.54. The average Bonchev–Trinajstić information content (AvgIpc) is 3.47. The first-order chi connectivity index (χ1) is 22.6. The van der Waals surface area contributed by atoms with E-state index < -0.39 is 0 Å². The van der Waals surface area contributed by atoms with Gasteiger partial charge in [0.1, 0.15) is 23.7 Å². The molecule has 0 atom stereocenters. The van der Waals surface area contributed by atoms with Gasteiger partial charge >= 0.3 is 0 Å². The van der Waals surface area contributed by atoms with Crippen LogP contribution in [0.3, 0.4) is 0 Å². The monoisotopic (exact) mass is 605 g/mol. The summed E-state index contributed by atoms with van der Waals surface area (Å²) in [6.45, 7) is 4.83. The van der Waals surface area contributed by atoms with Crippen LogP contribution in [0.2, 0.25) is 0 Å². The highest BCUT2D eigenvalue weighted by molar-refractivity contribution is 5.84. The van der Waals surface area contributed by atoms with Gasteiger partial charge in [0, 0.05) is 50.2 Å². The lowest BCUT2D eigenvalue weighted by molar-refractivity contribution is -0.0241. The summed E-state index contributed by atoms with van der Waals surface area (Å²) in [6.07, 6.45) is 5.28. The molecule has 226 valence electrons. The first-order valence-electron chi connectivity index (χ1n) is 15.4. The third-order valence-electron chi connectivity index (χ3n) is 9.14. The fourth-order valence-corrected chi connectivity index (χ4v) is 6.77. The van der Waals surface area contributed by atoms with Crippen molar-refractivity contribution in [1.29, 1.82) is 5.26 Å². The number of nitrogens with zero attached hydrogens (tertiary/aromatic N) is 10. The van der Waals surface area contributed by atoms with Crippen molar-refractivity contribution >= 4 is 22.9 Å². The van der Waals surface area contributed by atoms with Crippen LogP contribution in [0.4, 0.5) is 11.8 Å². The number of nitriles is 1. The number of hydrogen-bond donors (Lipinski definition) is 1. The number of pyridine rings is 2. The van der Waals surface area contributed by atoms with Gasteiger partial charge in [0.05, 0.1) is 11.3 Å². The Morgan fingerprint density at radius 1 is 0.826 bits per heavy atom. The molecule has 0 aliphatic carbocycles. The molecule has 2 saturated heterocycles. The Morgan fingerprint density at radius 2 is 1.63 bits per heavy atom. The molecule has 2 aliphatic rings. The molecule has 6 heterocycles. The molecule has 2 aromatic carbocycles. The minimum atomic E-state index is 0.165. The molecule has 0 saturated carbocycles. The van der Waals surface area contributed by atoms with Crippen LogP contribution in [0.25, 0.3) is 39.5 Å². The summed E-state index contributed by atoms with van der Waals surface area (Å²) in [7, 11) is 0. The molecule has 0 unspecified atom stereocenters. The van der Waals surface area contributed by atoms with Crippen molar-refractivity contribution in [3.05, 3.63) is 103 Å². The number of anilines is 2. The number of aromatic nitrogens is 7. The van der Waals surface area contributed by atoms with E-state index in [1.807, 2.05) is 48.5 Å². The normalized spacial score (nSPS) is 15.9. The quantitative estimate of drug-likeness (QED) is 0.279. The molecule has 2 aliphatic heterocycles. The van der Waals surface area contributed by atoms with Crippen molar-refractivity contribution in [1.82, 2.24) is 39.4 Å². The first-order valence-corrected chi connectivity index (χ1v) is 15.4. The number of hydrogen-bond acceptors (Lipinski definition) is 10. The summed E-state index contributed by atoms with van der Waals surface area (Å²) in [4.78, 5) is 31.5. The maximum absolute atomic E-state index is 9.12. The van der Waals surface area contributed by atoms with E-state index in [9.17, 15) is 0 Å². The number of nitrogen functional groups attached to an aromatic ring is 1. The molecule has 8 rings (SSSR count). The SMILES string of the molecule is N#Cc1ncnc(N2CCC3(CC2)CN(Cc2ccc(-n4c(-c5cccnc5N)nc5ccc(-c6ccccc6)nc54)cc2)C3)n1. The number of imidazole rings is 1. The number of nitrogens with two attached hydrogens (primary N) is 1. The molecule has 4 aromatic heterocycles. The summed E-state index contributed by atoms with van der Waals surface area (Å²) in [5.74, 6) is 1.90. The van der Waals surface area contributed by atoms with E-state index in [4.69, 9.17) is 21.0 Å². The summed E-state index contributed by atoms with van der Waals surface area (Å²) in [6, 6.07) is 28.7. The van der Waals surface area contributed by atoms with E-state index in [-0.39, 0.29) is 5.82 Å². The van der Waals surface area contributed by atoms with Crippen molar-refractivity contribution in [3.63, 3.8) is 0 Å². The van der Waals surface area contributed by atoms with E-state index in [0.29, 0.717) is 23.0 Å². The third-order valence-corrected chi connectivity index (χ3v) is 9.14. The fourth-order valence-electron chi connectivity index (χ4n) is 6.77. The average molecular weight is 606 g/mol. The maximum atomic E-state index is 9.12. The lowest BCUT2D eigenvalue weighted by Crippen LogP contribution is -2.59. The van der Waals surface area contributed by atoms with Gasteiger partial charge in [-0.1, -0.05) is 42.5 Å². The van der Waals surface area contributed by atoms with Crippen LogP contribution in [0.15, 0.2) is 91.4 Å².